The van der Waals surface area contributed by atoms with E-state index >= 15 is 0 Å². The molecule has 2 fully saturated rings. The van der Waals surface area contributed by atoms with E-state index in [9.17, 15) is 4.79 Å². The fourth-order valence-corrected chi connectivity index (χ4v) is 5.19. The zero-order chi connectivity index (χ0) is 11.7. The molecular weight excluding hydrogens is 196 g/mol. The molecular formula is C15H22O. The minimum Gasteiger partial charge on any atom is -0.294 e. The molecule has 0 heterocycles. The Morgan fingerprint density at radius 1 is 1.25 bits per heavy atom. The van der Waals surface area contributed by atoms with Crippen LogP contribution >= 0.6 is 0 Å². The molecule has 1 spiro atoms. The third-order valence-electron chi connectivity index (χ3n) is 6.08. The predicted octanol–water partition coefficient (Wildman–Crippen LogP) is 3.74. The molecule has 0 aromatic rings. The minimum absolute atomic E-state index is 0.203. The van der Waals surface area contributed by atoms with Crippen LogP contribution in [0.25, 0.3) is 0 Å². The Balaban J connectivity index is 2.28. The molecule has 0 aromatic heterocycles. The van der Waals surface area contributed by atoms with Crippen LogP contribution in [0.15, 0.2) is 11.1 Å². The Kier molecular flexibility index (Phi) is 1.85. The van der Waals surface area contributed by atoms with Crippen molar-refractivity contribution in [1.29, 1.82) is 0 Å². The second kappa shape index (κ2) is 2.80. The maximum Gasteiger partial charge on any atom is 0.163 e. The van der Waals surface area contributed by atoms with Gasteiger partial charge in [0.05, 0.1) is 0 Å². The van der Waals surface area contributed by atoms with Crippen molar-refractivity contribution >= 4 is 5.78 Å². The van der Waals surface area contributed by atoms with Crippen LogP contribution in [0.5, 0.6) is 0 Å². The van der Waals surface area contributed by atoms with E-state index in [2.05, 4.69) is 27.7 Å². The number of fused-ring (bicyclic) bond motifs is 1. The number of hydrogen-bond acceptors (Lipinski definition) is 1. The summed E-state index contributed by atoms with van der Waals surface area (Å²) in [7, 11) is 0. The topological polar surface area (TPSA) is 17.1 Å². The van der Waals surface area contributed by atoms with Gasteiger partial charge in [0, 0.05) is 16.9 Å². The van der Waals surface area contributed by atoms with Crippen molar-refractivity contribution < 1.29 is 4.79 Å². The monoisotopic (exact) mass is 218 g/mol. The van der Waals surface area contributed by atoms with Gasteiger partial charge >= 0.3 is 0 Å². The smallest absolute Gasteiger partial charge is 0.163 e. The Morgan fingerprint density at radius 2 is 1.94 bits per heavy atom. The zero-order valence-corrected chi connectivity index (χ0v) is 10.9. The van der Waals surface area contributed by atoms with Crippen LogP contribution in [-0.4, -0.2) is 5.78 Å². The fourth-order valence-electron chi connectivity index (χ4n) is 5.19. The lowest BCUT2D eigenvalue weighted by Gasteiger charge is -2.50. The molecule has 0 N–H and O–H groups in total. The molecule has 3 atom stereocenters. The molecule has 0 unspecified atom stereocenters. The molecule has 3 aliphatic carbocycles. The summed E-state index contributed by atoms with van der Waals surface area (Å²) in [6.07, 6.45) is 4.74. The van der Waals surface area contributed by atoms with E-state index in [0.717, 1.165) is 12.8 Å². The highest BCUT2D eigenvalue weighted by molar-refractivity contribution is 6.03. The molecule has 1 heteroatoms. The number of hydrogen-bond donors (Lipinski definition) is 0. The molecule has 3 rings (SSSR count). The average molecular weight is 218 g/mol. The van der Waals surface area contributed by atoms with Crippen molar-refractivity contribution in [2.24, 2.45) is 22.7 Å². The predicted molar refractivity (Wildman–Crippen MR) is 65.0 cm³/mol. The van der Waals surface area contributed by atoms with Crippen LogP contribution in [0.3, 0.4) is 0 Å². The van der Waals surface area contributed by atoms with Gasteiger partial charge in [0.1, 0.15) is 0 Å². The molecule has 2 saturated carbocycles. The Hall–Kier alpha value is -0.590. The Morgan fingerprint density at radius 3 is 2.62 bits per heavy atom. The first kappa shape index (κ1) is 10.6. The van der Waals surface area contributed by atoms with Gasteiger partial charge in [-0.05, 0) is 43.9 Å². The summed E-state index contributed by atoms with van der Waals surface area (Å²) in [4.78, 5) is 12.6. The van der Waals surface area contributed by atoms with E-state index in [0.29, 0.717) is 17.6 Å². The first-order valence-corrected chi connectivity index (χ1v) is 6.67. The molecule has 0 amide bonds. The number of rotatable bonds is 0. The number of allylic oxidation sites excluding steroid dienone is 2. The molecule has 0 saturated heterocycles. The summed E-state index contributed by atoms with van der Waals surface area (Å²) >= 11 is 0. The maximum atomic E-state index is 12.6. The van der Waals surface area contributed by atoms with Crippen molar-refractivity contribution in [3.8, 4) is 0 Å². The number of ketones is 1. The van der Waals surface area contributed by atoms with E-state index in [1.54, 1.807) is 0 Å². The highest BCUT2D eigenvalue weighted by atomic mass is 16.1. The van der Waals surface area contributed by atoms with Gasteiger partial charge in [-0.2, -0.15) is 0 Å². The summed E-state index contributed by atoms with van der Waals surface area (Å²) in [6.45, 7) is 9.24. The quantitative estimate of drug-likeness (QED) is 0.605. The van der Waals surface area contributed by atoms with Gasteiger partial charge in [0.25, 0.3) is 0 Å². The molecule has 0 radical (unpaired) electrons. The highest BCUT2D eigenvalue weighted by Gasteiger charge is 2.67. The third kappa shape index (κ3) is 0.846. The highest BCUT2D eigenvalue weighted by Crippen LogP contribution is 2.71. The van der Waals surface area contributed by atoms with Crippen molar-refractivity contribution in [3.63, 3.8) is 0 Å². The fraction of sp³-hybridized carbons (Fsp3) is 0.800. The second-order valence-corrected chi connectivity index (χ2v) is 6.74. The standard InChI is InChI=1S/C15H22O/c1-9-7-8-15-10(2)5-6-11(14(15,3)4)13(16)12(9)15/h10-11H,5-8H2,1-4H3/t10-,11-,15+/m1/s1. The second-order valence-electron chi connectivity index (χ2n) is 6.74. The van der Waals surface area contributed by atoms with Gasteiger partial charge in [0.15, 0.2) is 5.78 Å². The summed E-state index contributed by atoms with van der Waals surface area (Å²) in [5, 5.41) is 0. The van der Waals surface area contributed by atoms with Crippen LogP contribution in [0.1, 0.15) is 53.4 Å². The van der Waals surface area contributed by atoms with E-state index in [1.165, 1.54) is 24.0 Å². The van der Waals surface area contributed by atoms with Gasteiger partial charge in [0.2, 0.25) is 0 Å². The van der Waals surface area contributed by atoms with Crippen LogP contribution in [0, 0.1) is 22.7 Å². The minimum atomic E-state index is 0.203. The van der Waals surface area contributed by atoms with Crippen molar-refractivity contribution in [1.82, 2.24) is 0 Å². The SMILES string of the molecule is CC1=C2C(=O)[C@H]3CC[C@@H](C)[C@]2(CC1)C3(C)C. The van der Waals surface area contributed by atoms with E-state index in [-0.39, 0.29) is 10.8 Å². The van der Waals surface area contributed by atoms with Crippen molar-refractivity contribution in [2.45, 2.75) is 53.4 Å². The Labute approximate surface area is 98.3 Å². The number of carbonyl (C=O) groups is 1. The summed E-state index contributed by atoms with van der Waals surface area (Å²) in [5.74, 6) is 1.51. The van der Waals surface area contributed by atoms with Crippen LogP contribution in [0.4, 0.5) is 0 Å². The lowest BCUT2D eigenvalue weighted by atomic mass is 9.53. The normalized spacial score (nSPS) is 45.1. The van der Waals surface area contributed by atoms with Gasteiger partial charge < -0.3 is 0 Å². The molecule has 0 aliphatic heterocycles. The van der Waals surface area contributed by atoms with Gasteiger partial charge in [-0.25, -0.2) is 0 Å². The molecule has 3 aliphatic rings. The Bertz CT molecular complexity index is 402. The lowest BCUT2D eigenvalue weighted by molar-refractivity contribution is -0.121. The summed E-state index contributed by atoms with van der Waals surface area (Å²) in [5.41, 5.74) is 3.09. The summed E-state index contributed by atoms with van der Waals surface area (Å²) in [6, 6.07) is 0. The zero-order valence-electron chi connectivity index (χ0n) is 10.9. The van der Waals surface area contributed by atoms with Gasteiger partial charge in [-0.15, -0.1) is 0 Å². The average Bonchev–Trinajstić information content (AvgIpc) is 2.57. The van der Waals surface area contributed by atoms with E-state index < -0.39 is 0 Å². The third-order valence-corrected chi connectivity index (χ3v) is 6.08. The van der Waals surface area contributed by atoms with Gasteiger partial charge in [-0.3, -0.25) is 4.79 Å². The largest absolute Gasteiger partial charge is 0.294 e. The van der Waals surface area contributed by atoms with Crippen LogP contribution < -0.4 is 0 Å². The molecule has 2 bridgehead atoms. The first-order chi connectivity index (χ1) is 7.43. The number of carbonyl (C=O) groups excluding carboxylic acids is 1. The number of Topliss-reactive ketones (excluding diaryl/α,β-unsaturated/α-hetero) is 1. The lowest BCUT2D eigenvalue weighted by Crippen LogP contribution is -2.44. The first-order valence-electron chi connectivity index (χ1n) is 6.67. The van der Waals surface area contributed by atoms with Crippen LogP contribution in [-0.2, 0) is 4.79 Å². The molecule has 88 valence electrons. The summed E-state index contributed by atoms with van der Waals surface area (Å²) < 4.78 is 0. The van der Waals surface area contributed by atoms with E-state index in [1.807, 2.05) is 0 Å². The van der Waals surface area contributed by atoms with Crippen molar-refractivity contribution in [2.75, 3.05) is 0 Å². The van der Waals surface area contributed by atoms with Crippen molar-refractivity contribution in [3.05, 3.63) is 11.1 Å². The van der Waals surface area contributed by atoms with Crippen LogP contribution in [0.2, 0.25) is 0 Å². The molecule has 16 heavy (non-hydrogen) atoms. The van der Waals surface area contributed by atoms with E-state index in [4.69, 9.17) is 0 Å². The van der Waals surface area contributed by atoms with Gasteiger partial charge in [-0.1, -0.05) is 26.3 Å². The molecule has 0 aromatic carbocycles. The molecule has 1 nitrogen and oxygen atoms in total. The maximum absolute atomic E-state index is 12.6.